The number of rotatable bonds is 8. The van der Waals surface area contributed by atoms with Gasteiger partial charge in [-0.2, -0.15) is 0 Å². The van der Waals surface area contributed by atoms with Gasteiger partial charge in [-0.3, -0.25) is 10.1 Å². The number of ether oxygens (including phenoxy) is 1. The van der Waals surface area contributed by atoms with Crippen LogP contribution in [0.2, 0.25) is 0 Å². The number of hydrogen-bond donors (Lipinski definition) is 2. The molecule has 0 atom stereocenters. The average molecular weight is 476 g/mol. The highest BCUT2D eigenvalue weighted by Gasteiger charge is 2.18. The summed E-state index contributed by atoms with van der Waals surface area (Å²) in [5.41, 5.74) is -0.273. The molecule has 0 radical (unpaired) electrons. The van der Waals surface area contributed by atoms with Crippen LogP contribution < -0.4 is 5.32 Å². The quantitative estimate of drug-likeness (QED) is 0.419. The topological polar surface area (TPSA) is 88.5 Å². The maximum Gasteiger partial charge on any atom is 0.331 e. The molecule has 0 saturated heterocycles. The number of thiazole rings is 1. The average Bonchev–Trinajstić information content (AvgIpc) is 3.23. The first-order valence-electron chi connectivity index (χ1n) is 9.74. The number of carbonyl (C=O) groups is 2. The van der Waals surface area contributed by atoms with Gasteiger partial charge in [-0.05, 0) is 38.1 Å². The molecule has 0 saturated carbocycles. The first-order chi connectivity index (χ1) is 15.7. The molecule has 0 bridgehead atoms. The van der Waals surface area contributed by atoms with E-state index in [1.165, 1.54) is 6.92 Å². The van der Waals surface area contributed by atoms with Crippen LogP contribution in [0.15, 0.2) is 41.3 Å². The van der Waals surface area contributed by atoms with Gasteiger partial charge in [0.25, 0.3) is 5.91 Å². The third-order valence-electron chi connectivity index (χ3n) is 4.58. The lowest BCUT2D eigenvalue weighted by Crippen LogP contribution is -2.13. The van der Waals surface area contributed by atoms with E-state index in [4.69, 9.17) is 9.84 Å². The van der Waals surface area contributed by atoms with E-state index in [0.717, 1.165) is 29.5 Å². The molecule has 172 valence electrons. The predicted molar refractivity (Wildman–Crippen MR) is 118 cm³/mol. The fraction of sp³-hybridized carbons (Fsp3) is 0.174. The molecule has 3 rings (SSSR count). The minimum Gasteiger partial charge on any atom is -0.478 e. The second kappa shape index (κ2) is 10.4. The summed E-state index contributed by atoms with van der Waals surface area (Å²) in [7, 11) is 0. The number of carboxylic acids is 1. The summed E-state index contributed by atoms with van der Waals surface area (Å²) in [6.45, 7) is 3.54. The Morgan fingerprint density at radius 3 is 2.55 bits per heavy atom. The van der Waals surface area contributed by atoms with E-state index in [1.54, 1.807) is 30.5 Å². The Bertz CT molecular complexity index is 1220. The zero-order valence-electron chi connectivity index (χ0n) is 17.6. The Morgan fingerprint density at radius 2 is 1.91 bits per heavy atom. The van der Waals surface area contributed by atoms with Crippen LogP contribution in [0, 0.1) is 17.5 Å². The van der Waals surface area contributed by atoms with Crippen molar-refractivity contribution in [3.63, 3.8) is 0 Å². The standard InChI is InChI=1S/C23H19F3N2O4S/c1-3-32-10-13-5-4-6-15(20(13)26)19-11-33-23(27-19)28-21(29)14-8-17(24)16(18(25)9-14)7-12(2)22(30)31/h4-9,11H,3,10H2,1-2H3,(H,30,31)(H,27,28,29)/b12-7+. The van der Waals surface area contributed by atoms with Crippen LogP contribution >= 0.6 is 11.3 Å². The van der Waals surface area contributed by atoms with Crippen LogP contribution in [0.3, 0.4) is 0 Å². The predicted octanol–water partition coefficient (Wildman–Crippen LogP) is 5.50. The highest BCUT2D eigenvalue weighted by Crippen LogP contribution is 2.29. The summed E-state index contributed by atoms with van der Waals surface area (Å²) in [5, 5.41) is 13.0. The summed E-state index contributed by atoms with van der Waals surface area (Å²) in [6, 6.07) is 6.40. The maximum atomic E-state index is 14.8. The lowest BCUT2D eigenvalue weighted by Gasteiger charge is -2.07. The number of nitrogens with one attached hydrogen (secondary N) is 1. The molecule has 0 fully saturated rings. The smallest absolute Gasteiger partial charge is 0.331 e. The van der Waals surface area contributed by atoms with Crippen molar-refractivity contribution >= 4 is 34.4 Å². The molecular weight excluding hydrogens is 457 g/mol. The fourth-order valence-electron chi connectivity index (χ4n) is 2.86. The lowest BCUT2D eigenvalue weighted by molar-refractivity contribution is -0.132. The van der Waals surface area contributed by atoms with E-state index >= 15 is 0 Å². The highest BCUT2D eigenvalue weighted by molar-refractivity contribution is 7.14. The van der Waals surface area contributed by atoms with Gasteiger partial charge >= 0.3 is 5.97 Å². The summed E-state index contributed by atoms with van der Waals surface area (Å²) in [5.74, 6) is -4.82. The molecule has 33 heavy (non-hydrogen) atoms. The molecule has 10 heteroatoms. The van der Waals surface area contributed by atoms with Crippen molar-refractivity contribution in [2.45, 2.75) is 20.5 Å². The van der Waals surface area contributed by atoms with Gasteiger partial charge < -0.3 is 9.84 Å². The van der Waals surface area contributed by atoms with Crippen molar-refractivity contribution in [3.05, 3.63) is 75.4 Å². The van der Waals surface area contributed by atoms with E-state index in [2.05, 4.69) is 10.3 Å². The van der Waals surface area contributed by atoms with Crippen molar-refractivity contribution in [3.8, 4) is 11.3 Å². The number of aliphatic carboxylic acids is 1. The van der Waals surface area contributed by atoms with Crippen molar-refractivity contribution in [2.75, 3.05) is 11.9 Å². The van der Waals surface area contributed by atoms with Crippen LogP contribution in [0.4, 0.5) is 18.3 Å². The molecule has 0 spiro atoms. The normalized spacial score (nSPS) is 11.5. The Kier molecular flexibility index (Phi) is 7.62. The zero-order chi connectivity index (χ0) is 24.1. The van der Waals surface area contributed by atoms with Gasteiger partial charge in [0, 0.05) is 39.8 Å². The van der Waals surface area contributed by atoms with Gasteiger partial charge in [0.1, 0.15) is 17.5 Å². The minimum atomic E-state index is -1.32. The largest absolute Gasteiger partial charge is 0.478 e. The van der Waals surface area contributed by atoms with Gasteiger partial charge in [-0.15, -0.1) is 11.3 Å². The molecule has 0 aliphatic heterocycles. The number of halogens is 3. The summed E-state index contributed by atoms with van der Waals surface area (Å²) >= 11 is 1.02. The van der Waals surface area contributed by atoms with Gasteiger partial charge in [-0.25, -0.2) is 22.9 Å². The van der Waals surface area contributed by atoms with Crippen molar-refractivity contribution in [1.82, 2.24) is 4.98 Å². The van der Waals surface area contributed by atoms with E-state index in [1.807, 2.05) is 0 Å². The van der Waals surface area contributed by atoms with Crippen molar-refractivity contribution in [2.24, 2.45) is 0 Å². The number of carbonyl (C=O) groups excluding carboxylic acids is 1. The van der Waals surface area contributed by atoms with Gasteiger partial charge in [-0.1, -0.05) is 12.1 Å². The molecule has 0 aliphatic rings. The third kappa shape index (κ3) is 5.65. The van der Waals surface area contributed by atoms with Gasteiger partial charge in [0.2, 0.25) is 0 Å². The number of aromatic nitrogens is 1. The summed E-state index contributed by atoms with van der Waals surface area (Å²) in [6.07, 6.45) is 0.843. The molecule has 1 aromatic heterocycles. The van der Waals surface area contributed by atoms with Crippen molar-refractivity contribution < 1.29 is 32.6 Å². The van der Waals surface area contributed by atoms with Crippen molar-refractivity contribution in [1.29, 1.82) is 0 Å². The highest BCUT2D eigenvalue weighted by atomic mass is 32.1. The zero-order valence-corrected chi connectivity index (χ0v) is 18.4. The SMILES string of the molecule is CCOCc1cccc(-c2csc(NC(=O)c3cc(F)c(/C=C(\C)C(=O)O)c(F)c3)n2)c1F. The molecule has 0 unspecified atom stereocenters. The van der Waals surface area contributed by atoms with Crippen LogP contribution in [0.5, 0.6) is 0 Å². The number of hydrogen-bond acceptors (Lipinski definition) is 5. The van der Waals surface area contributed by atoms with Crippen LogP contribution in [-0.2, 0) is 16.1 Å². The monoisotopic (exact) mass is 476 g/mol. The molecule has 1 heterocycles. The molecule has 3 aromatic rings. The Hall–Kier alpha value is -3.50. The first kappa shape index (κ1) is 24.1. The Balaban J connectivity index is 1.81. The third-order valence-corrected chi connectivity index (χ3v) is 5.34. The molecule has 2 N–H and O–H groups in total. The van der Waals surface area contributed by atoms with Gasteiger partial charge in [0.05, 0.1) is 12.3 Å². The second-order valence-corrected chi connectivity index (χ2v) is 7.75. The maximum absolute atomic E-state index is 14.8. The molecule has 2 aromatic carbocycles. The number of amides is 1. The summed E-state index contributed by atoms with van der Waals surface area (Å²) in [4.78, 5) is 27.5. The van der Waals surface area contributed by atoms with Crippen LogP contribution in [0.1, 0.15) is 35.3 Å². The molecule has 6 nitrogen and oxygen atoms in total. The second-order valence-electron chi connectivity index (χ2n) is 6.89. The number of carboxylic acid groups (broad SMARTS) is 1. The van der Waals surface area contributed by atoms with E-state index < -0.39 is 34.9 Å². The molecular formula is C23H19F3N2O4S. The number of benzene rings is 2. The first-order valence-corrected chi connectivity index (χ1v) is 10.6. The fourth-order valence-corrected chi connectivity index (χ4v) is 3.56. The summed E-state index contributed by atoms with van der Waals surface area (Å²) < 4.78 is 48.6. The van der Waals surface area contributed by atoms with Crippen LogP contribution in [0.25, 0.3) is 17.3 Å². The van der Waals surface area contributed by atoms with E-state index in [9.17, 15) is 22.8 Å². The van der Waals surface area contributed by atoms with Gasteiger partial charge in [0.15, 0.2) is 5.13 Å². The Labute approximate surface area is 191 Å². The van der Waals surface area contributed by atoms with Crippen LogP contribution in [-0.4, -0.2) is 28.6 Å². The van der Waals surface area contributed by atoms with E-state index in [-0.39, 0.29) is 34.1 Å². The lowest BCUT2D eigenvalue weighted by atomic mass is 10.1. The molecule has 0 aliphatic carbocycles. The number of nitrogens with zero attached hydrogens (tertiary/aromatic N) is 1. The minimum absolute atomic E-state index is 0.108. The van der Waals surface area contributed by atoms with E-state index in [0.29, 0.717) is 12.2 Å². The number of anilines is 1. The Morgan fingerprint density at radius 1 is 1.21 bits per heavy atom. The molecule has 1 amide bonds.